The number of hydrogen-bond acceptors (Lipinski definition) is 7. The normalized spacial score (nSPS) is 11.8. The molecule has 0 spiro atoms. The van der Waals surface area contributed by atoms with E-state index in [-0.39, 0.29) is 11.3 Å². The fraction of sp³-hybridized carbons (Fsp3) is 0.286. The molecule has 1 amide bonds. The molecule has 2 heterocycles. The van der Waals surface area contributed by atoms with Gasteiger partial charge in [0, 0.05) is 6.26 Å². The number of nitrogens with two attached hydrogens (primary N) is 1. The molecule has 18 heavy (non-hydrogen) atoms. The maximum Gasteiger partial charge on any atom is 0.353 e. The van der Waals surface area contributed by atoms with Gasteiger partial charge in [-0.2, -0.15) is 4.68 Å². The minimum absolute atomic E-state index is 0.114. The van der Waals surface area contributed by atoms with Gasteiger partial charge in [-0.05, 0) is 0 Å². The first kappa shape index (κ1) is 12.2. The molecule has 11 heteroatoms. The van der Waals surface area contributed by atoms with E-state index in [1.807, 2.05) is 0 Å². The van der Waals surface area contributed by atoms with Crippen molar-refractivity contribution < 1.29 is 13.2 Å². The van der Waals surface area contributed by atoms with Crippen LogP contribution >= 0.6 is 0 Å². The number of rotatable bonds is 3. The van der Waals surface area contributed by atoms with Crippen molar-refractivity contribution in [3.8, 4) is 0 Å². The number of nitrogens with zero attached hydrogens (tertiary/aromatic N) is 5. The number of aromatic nitrogens is 5. The van der Waals surface area contributed by atoms with Crippen molar-refractivity contribution >= 4 is 21.4 Å². The highest BCUT2D eigenvalue weighted by Gasteiger charge is 2.16. The lowest BCUT2D eigenvalue weighted by Crippen LogP contribution is -2.32. The smallest absolute Gasteiger partial charge is 0.353 e. The molecule has 0 radical (unpaired) electrons. The molecule has 2 aromatic heterocycles. The number of carbonyl (C=O) groups excluding carboxylic acids is 1. The minimum atomic E-state index is -3.44. The third kappa shape index (κ3) is 2.07. The monoisotopic (exact) mass is 272 g/mol. The number of amides is 1. The molecule has 0 saturated heterocycles. The second kappa shape index (κ2) is 3.87. The van der Waals surface area contributed by atoms with Crippen LogP contribution in [0.1, 0.15) is 10.5 Å². The van der Waals surface area contributed by atoms with Gasteiger partial charge in [0.15, 0.2) is 21.2 Å². The van der Waals surface area contributed by atoms with E-state index in [1.54, 1.807) is 0 Å². The van der Waals surface area contributed by atoms with Crippen LogP contribution in [0, 0.1) is 0 Å². The van der Waals surface area contributed by atoms with E-state index >= 15 is 0 Å². The number of hydrogen-bond donors (Lipinski definition) is 1. The Hall–Kier alpha value is -2.30. The minimum Gasteiger partial charge on any atom is -0.364 e. The van der Waals surface area contributed by atoms with E-state index < -0.39 is 27.3 Å². The summed E-state index contributed by atoms with van der Waals surface area (Å²) in [5.41, 5.74) is 3.94. The van der Waals surface area contributed by atoms with Gasteiger partial charge in [0.05, 0.1) is 0 Å². The average molecular weight is 272 g/mol. The lowest BCUT2D eigenvalue weighted by Gasteiger charge is -2.01. The van der Waals surface area contributed by atoms with Crippen molar-refractivity contribution in [1.29, 1.82) is 0 Å². The van der Waals surface area contributed by atoms with E-state index in [0.29, 0.717) is 4.68 Å². The van der Waals surface area contributed by atoms with E-state index in [2.05, 4.69) is 15.3 Å². The molecule has 2 N–H and O–H groups in total. The molecule has 0 saturated carbocycles. The number of sulfone groups is 1. The van der Waals surface area contributed by atoms with Gasteiger partial charge in [-0.25, -0.2) is 22.6 Å². The standard InChI is InChI=1S/C7H8N6O4S/c1-18(16,17)3-13-7(15)12-2-9-4(5(8)14)6(12)10-11-13/h2H,3H2,1H3,(H2,8,14). The molecular formula is C7H8N6O4S. The second-order valence-electron chi connectivity index (χ2n) is 3.58. The summed E-state index contributed by atoms with van der Waals surface area (Å²) in [5.74, 6) is -1.47. The molecule has 2 aromatic rings. The summed E-state index contributed by atoms with van der Waals surface area (Å²) < 4.78 is 23.7. The zero-order chi connectivity index (χ0) is 13.5. The predicted octanol–water partition coefficient (Wildman–Crippen LogP) is -2.61. The molecule has 0 aliphatic heterocycles. The van der Waals surface area contributed by atoms with Crippen LogP contribution in [0.15, 0.2) is 11.1 Å². The van der Waals surface area contributed by atoms with Crippen LogP contribution in [0.5, 0.6) is 0 Å². The summed E-state index contributed by atoms with van der Waals surface area (Å²) in [5, 5.41) is 6.97. The van der Waals surface area contributed by atoms with E-state index in [0.717, 1.165) is 17.0 Å². The first-order valence-electron chi connectivity index (χ1n) is 4.58. The van der Waals surface area contributed by atoms with Crippen LogP contribution in [0.25, 0.3) is 5.65 Å². The van der Waals surface area contributed by atoms with Crippen molar-refractivity contribution in [2.75, 3.05) is 6.26 Å². The summed E-state index contributed by atoms with van der Waals surface area (Å²) in [6, 6.07) is 0. The first-order valence-corrected chi connectivity index (χ1v) is 6.64. The molecule has 96 valence electrons. The van der Waals surface area contributed by atoms with Gasteiger partial charge in [-0.15, -0.1) is 5.10 Å². The summed E-state index contributed by atoms with van der Waals surface area (Å²) in [6.45, 7) is 0. The van der Waals surface area contributed by atoms with Gasteiger partial charge in [0.25, 0.3) is 5.91 Å². The number of fused-ring (bicyclic) bond motifs is 1. The van der Waals surface area contributed by atoms with Crippen molar-refractivity contribution in [1.82, 2.24) is 24.4 Å². The Labute approximate surface area is 100.0 Å². The number of primary amides is 1. The van der Waals surface area contributed by atoms with Crippen molar-refractivity contribution in [2.45, 2.75) is 5.88 Å². The molecular weight excluding hydrogens is 264 g/mol. The van der Waals surface area contributed by atoms with Gasteiger partial charge in [0.1, 0.15) is 12.2 Å². The van der Waals surface area contributed by atoms with E-state index in [9.17, 15) is 18.0 Å². The Morgan fingerprint density at radius 3 is 2.72 bits per heavy atom. The van der Waals surface area contributed by atoms with Crippen molar-refractivity contribution in [3.05, 3.63) is 22.5 Å². The van der Waals surface area contributed by atoms with Gasteiger partial charge in [-0.3, -0.25) is 4.79 Å². The Balaban J connectivity index is 2.67. The van der Waals surface area contributed by atoms with Crippen molar-refractivity contribution in [2.24, 2.45) is 5.73 Å². The largest absolute Gasteiger partial charge is 0.364 e. The highest BCUT2D eigenvalue weighted by atomic mass is 32.2. The van der Waals surface area contributed by atoms with Crippen LogP contribution in [-0.4, -0.2) is 45.0 Å². The fourth-order valence-corrected chi connectivity index (χ4v) is 1.92. The van der Waals surface area contributed by atoms with E-state index in [1.165, 1.54) is 0 Å². The molecule has 2 rings (SSSR count). The average Bonchev–Trinajstić information content (AvgIpc) is 2.64. The Kier molecular flexibility index (Phi) is 2.62. The summed E-state index contributed by atoms with van der Waals surface area (Å²) >= 11 is 0. The highest BCUT2D eigenvalue weighted by Crippen LogP contribution is 2.01. The number of carbonyl (C=O) groups is 1. The maximum atomic E-state index is 11.8. The van der Waals surface area contributed by atoms with Crippen LogP contribution in [-0.2, 0) is 15.7 Å². The molecule has 0 bridgehead atoms. The summed E-state index contributed by atoms with van der Waals surface area (Å²) in [4.78, 5) is 26.4. The van der Waals surface area contributed by atoms with Crippen LogP contribution < -0.4 is 11.4 Å². The Bertz CT molecular complexity index is 788. The van der Waals surface area contributed by atoms with Crippen LogP contribution in [0.3, 0.4) is 0 Å². The van der Waals surface area contributed by atoms with Crippen molar-refractivity contribution in [3.63, 3.8) is 0 Å². The third-order valence-corrected chi connectivity index (χ3v) is 2.72. The molecule has 0 aromatic carbocycles. The molecule has 0 aliphatic rings. The predicted molar refractivity (Wildman–Crippen MR) is 58.4 cm³/mol. The Morgan fingerprint density at radius 2 is 2.17 bits per heavy atom. The van der Waals surface area contributed by atoms with Crippen LogP contribution in [0.4, 0.5) is 0 Å². The quantitative estimate of drug-likeness (QED) is 0.644. The molecule has 0 unspecified atom stereocenters. The lowest BCUT2D eigenvalue weighted by molar-refractivity contribution is 0.0997. The Morgan fingerprint density at radius 1 is 1.50 bits per heavy atom. The fourth-order valence-electron chi connectivity index (χ4n) is 1.31. The third-order valence-electron chi connectivity index (χ3n) is 2.01. The summed E-state index contributed by atoms with van der Waals surface area (Å²) in [7, 11) is -3.44. The van der Waals surface area contributed by atoms with Gasteiger partial charge >= 0.3 is 5.69 Å². The first-order chi connectivity index (χ1) is 8.29. The second-order valence-corrected chi connectivity index (χ2v) is 5.69. The zero-order valence-electron chi connectivity index (χ0n) is 9.14. The molecule has 0 atom stereocenters. The van der Waals surface area contributed by atoms with Crippen LogP contribution in [0.2, 0.25) is 0 Å². The lowest BCUT2D eigenvalue weighted by atomic mass is 10.4. The number of imidazole rings is 1. The van der Waals surface area contributed by atoms with Gasteiger partial charge in [0.2, 0.25) is 0 Å². The van der Waals surface area contributed by atoms with E-state index in [4.69, 9.17) is 5.73 Å². The topological polar surface area (TPSA) is 142 Å². The molecule has 0 aliphatic carbocycles. The maximum absolute atomic E-state index is 11.8. The summed E-state index contributed by atoms with van der Waals surface area (Å²) in [6.07, 6.45) is 1.99. The molecule has 0 fully saturated rings. The molecule has 10 nitrogen and oxygen atoms in total. The van der Waals surface area contributed by atoms with Gasteiger partial charge in [-0.1, -0.05) is 5.21 Å². The highest BCUT2D eigenvalue weighted by molar-refractivity contribution is 7.89. The van der Waals surface area contributed by atoms with Gasteiger partial charge < -0.3 is 5.73 Å². The SMILES string of the molecule is CS(=O)(=O)Cn1nnc2c(C(N)=O)ncn2c1=O. The zero-order valence-corrected chi connectivity index (χ0v) is 9.96.